The Balaban J connectivity index is 2.40. The molecule has 0 radical (unpaired) electrons. The highest BCUT2D eigenvalue weighted by Gasteiger charge is 2.07. The second-order valence-corrected chi connectivity index (χ2v) is 4.82. The Kier molecular flexibility index (Phi) is 6.08. The van der Waals surface area contributed by atoms with E-state index in [9.17, 15) is 4.79 Å². The normalized spacial score (nSPS) is 12.2. The van der Waals surface area contributed by atoms with Crippen LogP contribution in [0.3, 0.4) is 0 Å². The predicted molar refractivity (Wildman–Crippen MR) is 72.1 cm³/mol. The van der Waals surface area contributed by atoms with Gasteiger partial charge in [0.2, 0.25) is 0 Å². The first kappa shape index (κ1) is 14.1. The van der Waals surface area contributed by atoms with Gasteiger partial charge in [0, 0.05) is 11.8 Å². The van der Waals surface area contributed by atoms with Crippen LogP contribution in [0.25, 0.3) is 0 Å². The molecule has 0 saturated heterocycles. The second-order valence-electron chi connectivity index (χ2n) is 3.79. The molecule has 94 valence electrons. The van der Waals surface area contributed by atoms with E-state index in [1.165, 1.54) is 24.4 Å². The highest BCUT2D eigenvalue weighted by molar-refractivity contribution is 7.99. The van der Waals surface area contributed by atoms with Gasteiger partial charge in [-0.15, -0.1) is 11.8 Å². The smallest absolute Gasteiger partial charge is 0.315 e. The fourth-order valence-electron chi connectivity index (χ4n) is 1.42. The monoisotopic (exact) mass is 253 g/mol. The molecule has 0 bridgehead atoms. The molecule has 4 heteroatoms. The third-order valence-electron chi connectivity index (χ3n) is 2.56. The van der Waals surface area contributed by atoms with Crippen molar-refractivity contribution in [3.8, 4) is 0 Å². The lowest BCUT2D eigenvalue weighted by Gasteiger charge is -2.11. The molecule has 0 aromatic heterocycles. The number of nitrogens with two attached hydrogens (primary N) is 1. The number of thioether (sulfide) groups is 1. The molecule has 3 nitrogen and oxygen atoms in total. The summed E-state index contributed by atoms with van der Waals surface area (Å²) in [5, 5.41) is 0. The highest BCUT2D eigenvalue weighted by atomic mass is 32.2. The number of ether oxygens (including phenoxy) is 1. The summed E-state index contributed by atoms with van der Waals surface area (Å²) < 4.78 is 4.57. The van der Waals surface area contributed by atoms with E-state index in [1.54, 1.807) is 0 Å². The quantitative estimate of drug-likeness (QED) is 0.789. The lowest BCUT2D eigenvalue weighted by atomic mass is 10.1. The van der Waals surface area contributed by atoms with Gasteiger partial charge >= 0.3 is 5.97 Å². The standard InChI is InChI=1S/C13H19NO2S/c1-3-10-4-6-11(7-5-10)12(14)8-17-9-13(15)16-2/h4-7,12H,3,8-9,14H2,1-2H3. The number of carbonyl (C=O) groups is 1. The minimum Gasteiger partial charge on any atom is -0.468 e. The third kappa shape index (κ3) is 4.79. The number of aryl methyl sites for hydroxylation is 1. The zero-order valence-electron chi connectivity index (χ0n) is 10.3. The van der Waals surface area contributed by atoms with Crippen LogP contribution >= 0.6 is 11.8 Å². The molecule has 1 atom stereocenters. The molecule has 1 unspecified atom stereocenters. The molecule has 0 heterocycles. The number of esters is 1. The first-order valence-corrected chi connectivity index (χ1v) is 6.81. The molecule has 0 aliphatic carbocycles. The maximum Gasteiger partial charge on any atom is 0.315 e. The molecule has 17 heavy (non-hydrogen) atoms. The summed E-state index contributed by atoms with van der Waals surface area (Å²) in [6.07, 6.45) is 1.03. The fraction of sp³-hybridized carbons (Fsp3) is 0.462. The predicted octanol–water partition coefficient (Wildman–Crippen LogP) is 2.16. The van der Waals surface area contributed by atoms with Crippen molar-refractivity contribution in [3.05, 3.63) is 35.4 Å². The summed E-state index contributed by atoms with van der Waals surface area (Å²) in [7, 11) is 1.40. The van der Waals surface area contributed by atoms with Crippen molar-refractivity contribution in [1.82, 2.24) is 0 Å². The zero-order chi connectivity index (χ0) is 12.7. The van der Waals surface area contributed by atoms with Gasteiger partial charge < -0.3 is 10.5 Å². The molecule has 0 amide bonds. The Morgan fingerprint density at radius 2 is 2.06 bits per heavy atom. The first-order valence-electron chi connectivity index (χ1n) is 5.66. The van der Waals surface area contributed by atoms with Crippen molar-refractivity contribution >= 4 is 17.7 Å². The number of hydrogen-bond donors (Lipinski definition) is 1. The largest absolute Gasteiger partial charge is 0.468 e. The van der Waals surface area contributed by atoms with Crippen molar-refractivity contribution in [2.45, 2.75) is 19.4 Å². The van der Waals surface area contributed by atoms with E-state index >= 15 is 0 Å². The number of rotatable bonds is 6. The molecule has 0 fully saturated rings. The van der Waals surface area contributed by atoms with Crippen LogP contribution in [0.5, 0.6) is 0 Å². The maximum atomic E-state index is 10.9. The van der Waals surface area contributed by atoms with Crippen LogP contribution < -0.4 is 5.73 Å². The maximum absolute atomic E-state index is 10.9. The molecule has 0 saturated carbocycles. The highest BCUT2D eigenvalue weighted by Crippen LogP contribution is 2.17. The van der Waals surface area contributed by atoms with Crippen molar-refractivity contribution in [1.29, 1.82) is 0 Å². The van der Waals surface area contributed by atoms with Gasteiger partial charge in [0.05, 0.1) is 12.9 Å². The molecule has 0 aliphatic rings. The summed E-state index contributed by atoms with van der Waals surface area (Å²) in [6, 6.07) is 8.28. The molecule has 0 spiro atoms. The minimum absolute atomic E-state index is 0.0319. The van der Waals surface area contributed by atoms with E-state index in [1.807, 2.05) is 0 Å². The van der Waals surface area contributed by atoms with Gasteiger partial charge in [-0.05, 0) is 17.5 Å². The summed E-state index contributed by atoms with van der Waals surface area (Å²) in [5.41, 5.74) is 8.46. The van der Waals surface area contributed by atoms with Gasteiger partial charge in [-0.25, -0.2) is 0 Å². The Bertz CT molecular complexity index is 351. The van der Waals surface area contributed by atoms with Crippen molar-refractivity contribution < 1.29 is 9.53 Å². The van der Waals surface area contributed by atoms with Crippen LogP contribution in [-0.4, -0.2) is 24.6 Å². The zero-order valence-corrected chi connectivity index (χ0v) is 11.1. The Labute approximate surface area is 107 Å². The SMILES string of the molecule is CCc1ccc(C(N)CSCC(=O)OC)cc1. The molecular weight excluding hydrogens is 234 g/mol. The molecule has 1 aromatic carbocycles. The van der Waals surface area contributed by atoms with E-state index in [-0.39, 0.29) is 12.0 Å². The van der Waals surface area contributed by atoms with Gasteiger partial charge in [-0.1, -0.05) is 31.2 Å². The van der Waals surface area contributed by atoms with Crippen molar-refractivity contribution in [3.63, 3.8) is 0 Å². The topological polar surface area (TPSA) is 52.3 Å². The van der Waals surface area contributed by atoms with E-state index < -0.39 is 0 Å². The fourth-order valence-corrected chi connectivity index (χ4v) is 2.27. The number of benzene rings is 1. The van der Waals surface area contributed by atoms with Gasteiger partial charge in [0.1, 0.15) is 0 Å². The van der Waals surface area contributed by atoms with Gasteiger partial charge in [-0.2, -0.15) is 0 Å². The molecular formula is C13H19NO2S. The van der Waals surface area contributed by atoms with Crippen LogP contribution in [-0.2, 0) is 16.0 Å². The van der Waals surface area contributed by atoms with E-state index in [0.29, 0.717) is 5.75 Å². The lowest BCUT2D eigenvalue weighted by Crippen LogP contribution is -2.14. The number of methoxy groups -OCH3 is 1. The van der Waals surface area contributed by atoms with Crippen LogP contribution in [0.15, 0.2) is 24.3 Å². The van der Waals surface area contributed by atoms with Crippen LogP contribution in [0.4, 0.5) is 0 Å². The summed E-state index contributed by atoms with van der Waals surface area (Å²) in [4.78, 5) is 10.9. The van der Waals surface area contributed by atoms with Crippen molar-refractivity contribution in [2.24, 2.45) is 5.73 Å². The molecule has 2 N–H and O–H groups in total. The first-order chi connectivity index (χ1) is 8.17. The average Bonchev–Trinajstić information content (AvgIpc) is 2.38. The average molecular weight is 253 g/mol. The van der Waals surface area contributed by atoms with Gasteiger partial charge in [-0.3, -0.25) is 4.79 Å². The van der Waals surface area contributed by atoms with Gasteiger partial charge in [0.25, 0.3) is 0 Å². The summed E-state index contributed by atoms with van der Waals surface area (Å²) in [5.74, 6) is 0.876. The van der Waals surface area contributed by atoms with Crippen LogP contribution in [0, 0.1) is 0 Å². The second kappa shape index (κ2) is 7.35. The van der Waals surface area contributed by atoms with Crippen molar-refractivity contribution in [2.75, 3.05) is 18.6 Å². The summed E-state index contributed by atoms with van der Waals surface area (Å²) >= 11 is 1.50. The Hall–Kier alpha value is -1.00. The van der Waals surface area contributed by atoms with E-state index in [0.717, 1.165) is 17.7 Å². The molecule has 1 rings (SSSR count). The third-order valence-corrected chi connectivity index (χ3v) is 3.60. The molecule has 0 aliphatic heterocycles. The van der Waals surface area contributed by atoms with E-state index in [4.69, 9.17) is 5.73 Å². The van der Waals surface area contributed by atoms with Gasteiger partial charge in [0.15, 0.2) is 0 Å². The summed E-state index contributed by atoms with van der Waals surface area (Å²) in [6.45, 7) is 2.13. The number of carbonyl (C=O) groups excluding carboxylic acids is 1. The minimum atomic E-state index is -0.205. The number of hydrogen-bond acceptors (Lipinski definition) is 4. The Morgan fingerprint density at radius 3 is 2.59 bits per heavy atom. The van der Waals surface area contributed by atoms with Crippen LogP contribution in [0.2, 0.25) is 0 Å². The lowest BCUT2D eigenvalue weighted by molar-refractivity contribution is -0.137. The van der Waals surface area contributed by atoms with Crippen LogP contribution in [0.1, 0.15) is 24.1 Å². The Morgan fingerprint density at radius 1 is 1.41 bits per heavy atom. The molecule has 1 aromatic rings. The van der Waals surface area contributed by atoms with E-state index in [2.05, 4.69) is 35.9 Å².